The molecule has 0 aliphatic heterocycles. The molecule has 0 atom stereocenters. The van der Waals surface area contributed by atoms with Crippen LogP contribution in [0.5, 0.6) is 5.75 Å². The number of anilines is 1. The predicted molar refractivity (Wildman–Crippen MR) is 93.5 cm³/mol. The summed E-state index contributed by atoms with van der Waals surface area (Å²) in [4.78, 5) is 11.9. The van der Waals surface area contributed by atoms with E-state index in [0.717, 1.165) is 5.56 Å². The number of ether oxygens (including phenoxy) is 1. The van der Waals surface area contributed by atoms with Crippen LogP contribution in [-0.2, 0) is 11.4 Å². The number of hydrogen-bond acceptors (Lipinski definition) is 3. The zero-order chi connectivity index (χ0) is 17.5. The average molecular weight is 337 g/mol. The number of furan rings is 1. The van der Waals surface area contributed by atoms with E-state index < -0.39 is 0 Å². The number of amides is 1. The second-order valence-electron chi connectivity index (χ2n) is 5.28. The predicted octanol–water partition coefficient (Wildman–Crippen LogP) is 4.65. The van der Waals surface area contributed by atoms with Gasteiger partial charge in [-0.25, -0.2) is 4.39 Å². The van der Waals surface area contributed by atoms with Crippen molar-refractivity contribution in [1.82, 2.24) is 0 Å². The van der Waals surface area contributed by atoms with Gasteiger partial charge in [0.1, 0.15) is 23.9 Å². The lowest BCUT2D eigenvalue weighted by atomic mass is 10.2. The third-order valence-electron chi connectivity index (χ3n) is 3.34. The monoisotopic (exact) mass is 337 g/mol. The van der Waals surface area contributed by atoms with Crippen LogP contribution >= 0.6 is 0 Å². The molecule has 0 saturated carbocycles. The van der Waals surface area contributed by atoms with Crippen LogP contribution in [0.25, 0.3) is 6.08 Å². The van der Waals surface area contributed by atoms with Crippen molar-refractivity contribution in [1.29, 1.82) is 0 Å². The van der Waals surface area contributed by atoms with Crippen LogP contribution in [0.2, 0.25) is 0 Å². The highest BCUT2D eigenvalue weighted by Gasteiger charge is 2.02. The Morgan fingerprint density at radius 3 is 2.80 bits per heavy atom. The van der Waals surface area contributed by atoms with Crippen molar-refractivity contribution in [2.24, 2.45) is 0 Å². The SMILES string of the molecule is O=C(/C=C/c1ccco1)Nc1cccc(OCc2cccc(F)c2)c1. The van der Waals surface area contributed by atoms with Gasteiger partial charge in [0.25, 0.3) is 0 Å². The van der Waals surface area contributed by atoms with E-state index in [4.69, 9.17) is 9.15 Å². The van der Waals surface area contributed by atoms with E-state index >= 15 is 0 Å². The van der Waals surface area contributed by atoms with E-state index in [0.29, 0.717) is 17.2 Å². The first kappa shape index (κ1) is 16.5. The largest absolute Gasteiger partial charge is 0.489 e. The van der Waals surface area contributed by atoms with Crippen molar-refractivity contribution < 1.29 is 18.3 Å². The van der Waals surface area contributed by atoms with Crippen LogP contribution in [0.15, 0.2) is 77.4 Å². The highest BCUT2D eigenvalue weighted by atomic mass is 19.1. The van der Waals surface area contributed by atoms with Crippen LogP contribution in [0.3, 0.4) is 0 Å². The first-order chi connectivity index (χ1) is 12.2. The molecule has 1 aromatic heterocycles. The Morgan fingerprint density at radius 1 is 1.12 bits per heavy atom. The van der Waals surface area contributed by atoms with E-state index in [2.05, 4.69) is 5.32 Å². The van der Waals surface area contributed by atoms with Gasteiger partial charge in [-0.2, -0.15) is 0 Å². The van der Waals surface area contributed by atoms with Crippen molar-refractivity contribution in [3.05, 3.63) is 90.1 Å². The van der Waals surface area contributed by atoms with Crippen LogP contribution in [-0.4, -0.2) is 5.91 Å². The first-order valence-corrected chi connectivity index (χ1v) is 7.69. The van der Waals surface area contributed by atoms with Crippen molar-refractivity contribution in [2.45, 2.75) is 6.61 Å². The molecule has 0 radical (unpaired) electrons. The number of carbonyl (C=O) groups is 1. The standard InChI is InChI=1S/C20H16FNO3/c21-16-5-1-4-15(12-16)14-25-19-7-2-6-17(13-19)22-20(23)10-9-18-8-3-11-24-18/h1-13H,14H2,(H,22,23)/b10-9+. The molecule has 126 valence electrons. The van der Waals surface area contributed by atoms with E-state index in [9.17, 15) is 9.18 Å². The number of nitrogens with one attached hydrogen (secondary N) is 1. The summed E-state index contributed by atoms with van der Waals surface area (Å²) < 4.78 is 23.9. The molecule has 0 fully saturated rings. The Kier molecular flexibility index (Phi) is 5.26. The van der Waals surface area contributed by atoms with Gasteiger partial charge >= 0.3 is 0 Å². The van der Waals surface area contributed by atoms with E-state index in [-0.39, 0.29) is 18.3 Å². The molecule has 25 heavy (non-hydrogen) atoms. The van der Waals surface area contributed by atoms with E-state index in [1.54, 1.807) is 54.6 Å². The minimum Gasteiger partial charge on any atom is -0.489 e. The summed E-state index contributed by atoms with van der Waals surface area (Å²) in [6.07, 6.45) is 4.51. The molecule has 0 bridgehead atoms. The van der Waals surface area contributed by atoms with Crippen molar-refractivity contribution >= 4 is 17.7 Å². The molecule has 0 aliphatic carbocycles. The summed E-state index contributed by atoms with van der Waals surface area (Å²) in [5.41, 5.74) is 1.33. The number of carbonyl (C=O) groups excluding carboxylic acids is 1. The molecule has 0 unspecified atom stereocenters. The normalized spacial score (nSPS) is 10.8. The fourth-order valence-corrected chi connectivity index (χ4v) is 2.18. The number of benzene rings is 2. The molecule has 1 heterocycles. The first-order valence-electron chi connectivity index (χ1n) is 7.69. The molecule has 4 nitrogen and oxygen atoms in total. The van der Waals surface area contributed by atoms with Crippen LogP contribution in [0.1, 0.15) is 11.3 Å². The fourth-order valence-electron chi connectivity index (χ4n) is 2.18. The van der Waals surface area contributed by atoms with Gasteiger partial charge in [-0.3, -0.25) is 4.79 Å². The van der Waals surface area contributed by atoms with Gasteiger partial charge in [-0.15, -0.1) is 0 Å². The Labute approximate surface area is 144 Å². The number of rotatable bonds is 6. The average Bonchev–Trinajstić information content (AvgIpc) is 3.12. The van der Waals surface area contributed by atoms with E-state index in [1.165, 1.54) is 24.5 Å². The zero-order valence-corrected chi connectivity index (χ0v) is 13.3. The molecular formula is C20H16FNO3. The van der Waals surface area contributed by atoms with Gasteiger partial charge in [0, 0.05) is 17.8 Å². The van der Waals surface area contributed by atoms with Gasteiger partial charge in [0.05, 0.1) is 6.26 Å². The minimum atomic E-state index is -0.301. The number of halogens is 1. The molecule has 1 amide bonds. The smallest absolute Gasteiger partial charge is 0.248 e. The van der Waals surface area contributed by atoms with Crippen LogP contribution < -0.4 is 10.1 Å². The lowest BCUT2D eigenvalue weighted by Gasteiger charge is -2.08. The minimum absolute atomic E-state index is 0.244. The molecule has 0 saturated heterocycles. The van der Waals surface area contributed by atoms with Gasteiger partial charge in [-0.1, -0.05) is 18.2 Å². The lowest BCUT2D eigenvalue weighted by Crippen LogP contribution is -2.07. The Balaban J connectivity index is 1.58. The highest BCUT2D eigenvalue weighted by molar-refractivity contribution is 6.01. The second-order valence-corrected chi connectivity index (χ2v) is 5.28. The molecule has 0 aliphatic rings. The fraction of sp³-hybridized carbons (Fsp3) is 0.0500. The van der Waals surface area contributed by atoms with Gasteiger partial charge in [-0.05, 0) is 48.0 Å². The van der Waals surface area contributed by atoms with Crippen molar-refractivity contribution in [2.75, 3.05) is 5.32 Å². The summed E-state index contributed by atoms with van der Waals surface area (Å²) in [7, 11) is 0. The molecule has 2 aromatic carbocycles. The summed E-state index contributed by atoms with van der Waals surface area (Å²) in [5, 5.41) is 2.74. The zero-order valence-electron chi connectivity index (χ0n) is 13.3. The second kappa shape index (κ2) is 7.97. The third-order valence-corrected chi connectivity index (χ3v) is 3.34. The maximum atomic E-state index is 13.2. The Bertz CT molecular complexity index is 872. The molecule has 3 rings (SSSR count). The Morgan fingerprint density at radius 2 is 2.00 bits per heavy atom. The van der Waals surface area contributed by atoms with Gasteiger partial charge in [0.2, 0.25) is 5.91 Å². The van der Waals surface area contributed by atoms with Crippen LogP contribution in [0, 0.1) is 5.82 Å². The third kappa shape index (κ3) is 5.07. The van der Waals surface area contributed by atoms with E-state index in [1.807, 2.05) is 0 Å². The van der Waals surface area contributed by atoms with Gasteiger partial charge in [0.15, 0.2) is 0 Å². The summed E-state index contributed by atoms with van der Waals surface area (Å²) in [6.45, 7) is 0.244. The lowest BCUT2D eigenvalue weighted by molar-refractivity contribution is -0.111. The maximum absolute atomic E-state index is 13.2. The molecule has 5 heteroatoms. The molecular weight excluding hydrogens is 321 g/mol. The molecule has 3 aromatic rings. The summed E-state index contributed by atoms with van der Waals surface area (Å²) in [6, 6.07) is 16.7. The van der Waals surface area contributed by atoms with Crippen molar-refractivity contribution in [3.63, 3.8) is 0 Å². The van der Waals surface area contributed by atoms with Crippen molar-refractivity contribution in [3.8, 4) is 5.75 Å². The maximum Gasteiger partial charge on any atom is 0.248 e. The van der Waals surface area contributed by atoms with Crippen LogP contribution in [0.4, 0.5) is 10.1 Å². The highest BCUT2D eigenvalue weighted by Crippen LogP contribution is 2.19. The quantitative estimate of drug-likeness (QED) is 0.666. The Hall–Kier alpha value is -3.34. The summed E-state index contributed by atoms with van der Waals surface area (Å²) in [5.74, 6) is 0.601. The molecule has 0 spiro atoms. The number of hydrogen-bond donors (Lipinski definition) is 1. The topological polar surface area (TPSA) is 51.5 Å². The molecule has 1 N–H and O–H groups in total. The van der Waals surface area contributed by atoms with Gasteiger partial charge < -0.3 is 14.5 Å². The summed E-state index contributed by atoms with van der Waals surface area (Å²) >= 11 is 0.